The summed E-state index contributed by atoms with van der Waals surface area (Å²) >= 11 is 0. The molecule has 0 unspecified atom stereocenters. The lowest BCUT2D eigenvalue weighted by molar-refractivity contribution is 0.101. The molecule has 108 valence electrons. The van der Waals surface area contributed by atoms with Gasteiger partial charge in [0, 0.05) is 24.0 Å². The number of hydrogen-bond acceptors (Lipinski definition) is 2. The maximum absolute atomic E-state index is 12.2. The van der Waals surface area contributed by atoms with E-state index in [9.17, 15) is 9.59 Å². The van der Waals surface area contributed by atoms with Crippen molar-refractivity contribution in [2.75, 3.05) is 17.3 Å². The molecule has 2 aromatic rings. The zero-order chi connectivity index (χ0) is 15.4. The van der Waals surface area contributed by atoms with E-state index in [0.29, 0.717) is 11.3 Å². The summed E-state index contributed by atoms with van der Waals surface area (Å²) in [7, 11) is 1.71. The molecule has 0 aliphatic carbocycles. The second-order valence-corrected chi connectivity index (χ2v) is 4.96. The first-order valence-corrected chi connectivity index (χ1v) is 6.70. The highest BCUT2D eigenvalue weighted by Crippen LogP contribution is 2.16. The van der Waals surface area contributed by atoms with Crippen LogP contribution in [0.5, 0.6) is 0 Å². The normalized spacial score (nSPS) is 10.0. The van der Waals surface area contributed by atoms with Crippen LogP contribution in [0.25, 0.3) is 0 Å². The molecule has 0 aromatic heterocycles. The number of rotatable bonds is 3. The summed E-state index contributed by atoms with van der Waals surface area (Å²) in [5, 5.41) is 2.80. The first-order valence-electron chi connectivity index (χ1n) is 6.70. The Morgan fingerprint density at radius 3 is 2.05 bits per heavy atom. The van der Waals surface area contributed by atoms with E-state index in [0.717, 1.165) is 11.3 Å². The molecule has 0 spiro atoms. The summed E-state index contributed by atoms with van der Waals surface area (Å²) in [6.45, 7) is 3.51. The van der Waals surface area contributed by atoms with E-state index in [1.807, 2.05) is 31.2 Å². The SMILES string of the molecule is CC(=O)c1ccc(NC(=O)N(C)c2ccc(C)cc2)cc1. The minimum absolute atomic E-state index is 0.00431. The summed E-state index contributed by atoms with van der Waals surface area (Å²) in [6.07, 6.45) is 0. The molecule has 0 saturated heterocycles. The largest absolute Gasteiger partial charge is 0.326 e. The van der Waals surface area contributed by atoms with Gasteiger partial charge in [-0.25, -0.2) is 4.79 Å². The lowest BCUT2D eigenvalue weighted by Gasteiger charge is -2.18. The number of urea groups is 1. The molecular formula is C17H18N2O2. The number of ketones is 1. The molecule has 0 heterocycles. The van der Waals surface area contributed by atoms with Crippen molar-refractivity contribution in [3.05, 3.63) is 59.7 Å². The Morgan fingerprint density at radius 2 is 1.52 bits per heavy atom. The summed E-state index contributed by atoms with van der Waals surface area (Å²) in [6, 6.07) is 14.3. The lowest BCUT2D eigenvalue weighted by atomic mass is 10.1. The Balaban J connectivity index is 2.06. The monoisotopic (exact) mass is 282 g/mol. The van der Waals surface area contributed by atoms with Crippen molar-refractivity contribution >= 4 is 23.2 Å². The van der Waals surface area contributed by atoms with Gasteiger partial charge in [0.25, 0.3) is 0 Å². The van der Waals surface area contributed by atoms with Gasteiger partial charge in [0.05, 0.1) is 0 Å². The molecule has 0 bridgehead atoms. The second kappa shape index (κ2) is 6.22. The highest BCUT2D eigenvalue weighted by atomic mass is 16.2. The molecule has 4 nitrogen and oxygen atoms in total. The Morgan fingerprint density at radius 1 is 0.952 bits per heavy atom. The van der Waals surface area contributed by atoms with E-state index in [1.54, 1.807) is 36.2 Å². The molecule has 0 aliphatic rings. The maximum atomic E-state index is 12.2. The van der Waals surface area contributed by atoms with Crippen molar-refractivity contribution in [1.82, 2.24) is 0 Å². The van der Waals surface area contributed by atoms with Crippen LogP contribution in [0.3, 0.4) is 0 Å². The Bertz CT molecular complexity index is 645. The van der Waals surface area contributed by atoms with Crippen molar-refractivity contribution in [1.29, 1.82) is 0 Å². The number of carbonyl (C=O) groups excluding carboxylic acids is 2. The van der Waals surface area contributed by atoms with Crippen molar-refractivity contribution in [3.8, 4) is 0 Å². The molecule has 2 rings (SSSR count). The van der Waals surface area contributed by atoms with Crippen LogP contribution in [0.15, 0.2) is 48.5 Å². The third-order valence-electron chi connectivity index (χ3n) is 3.27. The number of amides is 2. The number of benzene rings is 2. The van der Waals surface area contributed by atoms with Crippen LogP contribution in [0.4, 0.5) is 16.2 Å². The minimum atomic E-state index is -0.227. The van der Waals surface area contributed by atoms with Gasteiger partial charge in [-0.15, -0.1) is 0 Å². The first kappa shape index (κ1) is 14.8. The first-order chi connectivity index (χ1) is 9.97. The van der Waals surface area contributed by atoms with Gasteiger partial charge in [-0.2, -0.15) is 0 Å². The van der Waals surface area contributed by atoms with Crippen LogP contribution < -0.4 is 10.2 Å². The molecule has 0 atom stereocenters. The van der Waals surface area contributed by atoms with Crippen molar-refractivity contribution in [3.63, 3.8) is 0 Å². The van der Waals surface area contributed by atoms with Gasteiger partial charge in [-0.05, 0) is 50.2 Å². The predicted molar refractivity (Wildman–Crippen MR) is 85.0 cm³/mol. The Kier molecular flexibility index (Phi) is 4.38. The second-order valence-electron chi connectivity index (χ2n) is 4.96. The molecule has 21 heavy (non-hydrogen) atoms. The average molecular weight is 282 g/mol. The van der Waals surface area contributed by atoms with Crippen LogP contribution in [0, 0.1) is 6.92 Å². The number of nitrogens with one attached hydrogen (secondary N) is 1. The molecule has 0 saturated carbocycles. The number of carbonyl (C=O) groups is 2. The van der Waals surface area contributed by atoms with Gasteiger partial charge >= 0.3 is 6.03 Å². The molecule has 0 fully saturated rings. The third-order valence-corrected chi connectivity index (χ3v) is 3.27. The summed E-state index contributed by atoms with van der Waals surface area (Å²) in [5.41, 5.74) is 3.25. The van der Waals surface area contributed by atoms with E-state index in [-0.39, 0.29) is 11.8 Å². The van der Waals surface area contributed by atoms with Crippen LogP contribution in [0.2, 0.25) is 0 Å². The molecule has 2 aromatic carbocycles. The fourth-order valence-corrected chi connectivity index (χ4v) is 1.88. The highest BCUT2D eigenvalue weighted by Gasteiger charge is 2.10. The van der Waals surface area contributed by atoms with E-state index < -0.39 is 0 Å². The zero-order valence-electron chi connectivity index (χ0n) is 12.4. The number of nitrogens with zero attached hydrogens (tertiary/aromatic N) is 1. The van der Waals surface area contributed by atoms with E-state index >= 15 is 0 Å². The summed E-state index contributed by atoms with van der Waals surface area (Å²) in [4.78, 5) is 24.9. The molecule has 0 aliphatic heterocycles. The van der Waals surface area contributed by atoms with Gasteiger partial charge in [0.15, 0.2) is 5.78 Å². The molecule has 2 amide bonds. The maximum Gasteiger partial charge on any atom is 0.326 e. The molecule has 0 radical (unpaired) electrons. The quantitative estimate of drug-likeness (QED) is 0.869. The standard InChI is InChI=1S/C17H18N2O2/c1-12-4-10-16(11-5-12)19(3)17(21)18-15-8-6-14(7-9-15)13(2)20/h4-11H,1-3H3,(H,18,21). The number of Topliss-reactive ketones (excluding diaryl/α,β-unsaturated/α-hetero) is 1. The van der Waals surface area contributed by atoms with Crippen molar-refractivity contribution < 1.29 is 9.59 Å². The molecule has 4 heteroatoms. The predicted octanol–water partition coefficient (Wildman–Crippen LogP) is 3.87. The van der Waals surface area contributed by atoms with Gasteiger partial charge in [0.2, 0.25) is 0 Å². The highest BCUT2D eigenvalue weighted by molar-refractivity contribution is 6.01. The van der Waals surface area contributed by atoms with Crippen LogP contribution >= 0.6 is 0 Å². The van der Waals surface area contributed by atoms with Gasteiger partial charge in [-0.1, -0.05) is 17.7 Å². The van der Waals surface area contributed by atoms with Crippen LogP contribution in [-0.4, -0.2) is 18.9 Å². The van der Waals surface area contributed by atoms with Crippen molar-refractivity contribution in [2.45, 2.75) is 13.8 Å². The van der Waals surface area contributed by atoms with Crippen molar-refractivity contribution in [2.24, 2.45) is 0 Å². The van der Waals surface area contributed by atoms with Gasteiger partial charge < -0.3 is 5.32 Å². The van der Waals surface area contributed by atoms with Crippen LogP contribution in [-0.2, 0) is 0 Å². The van der Waals surface area contributed by atoms with Crippen LogP contribution in [0.1, 0.15) is 22.8 Å². The smallest absolute Gasteiger partial charge is 0.308 e. The third kappa shape index (κ3) is 3.69. The minimum Gasteiger partial charge on any atom is -0.308 e. The van der Waals surface area contributed by atoms with Gasteiger partial charge in [-0.3, -0.25) is 9.69 Å². The fourth-order valence-electron chi connectivity index (χ4n) is 1.88. The van der Waals surface area contributed by atoms with E-state index in [4.69, 9.17) is 0 Å². The fraction of sp³-hybridized carbons (Fsp3) is 0.176. The average Bonchev–Trinajstić information content (AvgIpc) is 2.47. The van der Waals surface area contributed by atoms with Gasteiger partial charge in [0.1, 0.15) is 0 Å². The Hall–Kier alpha value is -2.62. The number of anilines is 2. The zero-order valence-corrected chi connectivity index (χ0v) is 12.4. The molecular weight excluding hydrogens is 264 g/mol. The topological polar surface area (TPSA) is 49.4 Å². The van der Waals surface area contributed by atoms with E-state index in [1.165, 1.54) is 6.92 Å². The summed E-state index contributed by atoms with van der Waals surface area (Å²) < 4.78 is 0. The lowest BCUT2D eigenvalue weighted by Crippen LogP contribution is -2.31. The Labute approximate surface area is 124 Å². The van der Waals surface area contributed by atoms with E-state index in [2.05, 4.69) is 5.32 Å². The number of aryl methyl sites for hydroxylation is 1. The summed E-state index contributed by atoms with van der Waals surface area (Å²) in [5.74, 6) is 0.00431. The molecule has 1 N–H and O–H groups in total. The number of hydrogen-bond donors (Lipinski definition) is 1.